The van der Waals surface area contributed by atoms with Crippen LogP contribution in [0.1, 0.15) is 12.0 Å². The van der Waals surface area contributed by atoms with Crippen molar-refractivity contribution in [2.24, 2.45) is 0 Å². The average Bonchev–Trinajstić information content (AvgIpc) is 2.46. The van der Waals surface area contributed by atoms with Gasteiger partial charge in [-0.1, -0.05) is 17.7 Å². The van der Waals surface area contributed by atoms with Crippen molar-refractivity contribution < 1.29 is 4.74 Å². The lowest BCUT2D eigenvalue weighted by atomic mass is 9.97. The van der Waals surface area contributed by atoms with Crippen LogP contribution in [0, 0.1) is 0 Å². The van der Waals surface area contributed by atoms with E-state index in [1.54, 1.807) is 7.11 Å². The SMILES string of the molecule is COc1ccc(Cl)cc1-c1ccc2c(c1)CCCN2. The highest BCUT2D eigenvalue weighted by atomic mass is 35.5. The summed E-state index contributed by atoms with van der Waals surface area (Å²) in [6, 6.07) is 12.2. The molecule has 0 aliphatic carbocycles. The predicted octanol–water partition coefficient (Wildman–Crippen LogP) is 4.37. The Morgan fingerprint density at radius 2 is 2.05 bits per heavy atom. The molecule has 0 saturated carbocycles. The van der Waals surface area contributed by atoms with E-state index in [-0.39, 0.29) is 0 Å². The van der Waals surface area contributed by atoms with E-state index >= 15 is 0 Å². The van der Waals surface area contributed by atoms with Crippen molar-refractivity contribution in [2.75, 3.05) is 19.0 Å². The van der Waals surface area contributed by atoms with Crippen LogP contribution in [-0.2, 0) is 6.42 Å². The fourth-order valence-electron chi connectivity index (χ4n) is 2.55. The second kappa shape index (κ2) is 5.14. The van der Waals surface area contributed by atoms with Crippen LogP contribution >= 0.6 is 11.6 Å². The first-order valence-electron chi connectivity index (χ1n) is 6.48. The van der Waals surface area contributed by atoms with Crippen molar-refractivity contribution in [3.8, 4) is 16.9 Å². The van der Waals surface area contributed by atoms with Gasteiger partial charge >= 0.3 is 0 Å². The van der Waals surface area contributed by atoms with Gasteiger partial charge in [-0.2, -0.15) is 0 Å². The molecule has 3 rings (SSSR count). The van der Waals surface area contributed by atoms with Crippen LogP contribution < -0.4 is 10.1 Å². The van der Waals surface area contributed by atoms with E-state index in [9.17, 15) is 0 Å². The summed E-state index contributed by atoms with van der Waals surface area (Å²) < 4.78 is 5.42. The minimum atomic E-state index is 0.728. The summed E-state index contributed by atoms with van der Waals surface area (Å²) in [5, 5.41) is 4.15. The van der Waals surface area contributed by atoms with Crippen LogP contribution in [0.2, 0.25) is 5.02 Å². The summed E-state index contributed by atoms with van der Waals surface area (Å²) in [6.07, 6.45) is 2.31. The number of rotatable bonds is 2. The summed E-state index contributed by atoms with van der Waals surface area (Å²) in [7, 11) is 1.69. The lowest BCUT2D eigenvalue weighted by Crippen LogP contribution is -2.11. The van der Waals surface area contributed by atoms with E-state index in [2.05, 4.69) is 23.5 Å². The highest BCUT2D eigenvalue weighted by Crippen LogP contribution is 2.35. The van der Waals surface area contributed by atoms with E-state index in [1.807, 2.05) is 18.2 Å². The Morgan fingerprint density at radius 3 is 2.89 bits per heavy atom. The Kier molecular flexibility index (Phi) is 3.34. The van der Waals surface area contributed by atoms with E-state index in [0.717, 1.165) is 34.9 Å². The van der Waals surface area contributed by atoms with Gasteiger partial charge in [0.2, 0.25) is 0 Å². The summed E-state index contributed by atoms with van der Waals surface area (Å²) in [5.74, 6) is 0.855. The van der Waals surface area contributed by atoms with Crippen molar-refractivity contribution in [3.63, 3.8) is 0 Å². The number of fused-ring (bicyclic) bond motifs is 1. The van der Waals surface area contributed by atoms with Crippen LogP contribution in [0.15, 0.2) is 36.4 Å². The van der Waals surface area contributed by atoms with Crippen molar-refractivity contribution in [2.45, 2.75) is 12.8 Å². The Bertz CT molecular complexity index is 610. The molecule has 0 bridgehead atoms. The van der Waals surface area contributed by atoms with Gasteiger partial charge in [0.15, 0.2) is 0 Å². The summed E-state index contributed by atoms with van der Waals surface area (Å²) in [6.45, 7) is 1.06. The number of halogens is 1. The molecule has 1 heterocycles. The highest BCUT2D eigenvalue weighted by molar-refractivity contribution is 6.31. The summed E-state index contributed by atoms with van der Waals surface area (Å²) in [5.41, 5.74) is 4.81. The minimum absolute atomic E-state index is 0.728. The highest BCUT2D eigenvalue weighted by Gasteiger charge is 2.12. The molecule has 0 spiro atoms. The van der Waals surface area contributed by atoms with Gasteiger partial charge in [0, 0.05) is 22.8 Å². The topological polar surface area (TPSA) is 21.3 Å². The minimum Gasteiger partial charge on any atom is -0.496 e. The maximum Gasteiger partial charge on any atom is 0.126 e. The second-order valence-electron chi connectivity index (χ2n) is 4.75. The van der Waals surface area contributed by atoms with Crippen molar-refractivity contribution in [1.29, 1.82) is 0 Å². The van der Waals surface area contributed by atoms with Crippen LogP contribution in [0.3, 0.4) is 0 Å². The molecule has 0 atom stereocenters. The molecule has 98 valence electrons. The van der Waals surface area contributed by atoms with Gasteiger partial charge in [0.05, 0.1) is 7.11 Å². The fourth-order valence-corrected chi connectivity index (χ4v) is 2.72. The fraction of sp³-hybridized carbons (Fsp3) is 0.250. The molecule has 0 unspecified atom stereocenters. The van der Waals surface area contributed by atoms with Crippen molar-refractivity contribution in [3.05, 3.63) is 47.0 Å². The third kappa shape index (κ3) is 2.41. The van der Waals surface area contributed by atoms with Gasteiger partial charge in [0.1, 0.15) is 5.75 Å². The number of ether oxygens (including phenoxy) is 1. The number of hydrogen-bond acceptors (Lipinski definition) is 2. The number of aryl methyl sites for hydroxylation is 1. The first kappa shape index (κ1) is 12.4. The lowest BCUT2D eigenvalue weighted by molar-refractivity contribution is 0.416. The maximum atomic E-state index is 6.10. The lowest BCUT2D eigenvalue weighted by Gasteiger charge is -2.19. The van der Waals surface area contributed by atoms with Crippen molar-refractivity contribution in [1.82, 2.24) is 0 Å². The molecule has 0 amide bonds. The molecule has 2 nitrogen and oxygen atoms in total. The number of anilines is 1. The molecule has 0 fully saturated rings. The predicted molar refractivity (Wildman–Crippen MR) is 80.3 cm³/mol. The standard InChI is InChI=1S/C16H16ClNO/c1-19-16-7-5-13(17)10-14(16)11-4-6-15-12(9-11)3-2-8-18-15/h4-7,9-10,18H,2-3,8H2,1H3. The first-order valence-corrected chi connectivity index (χ1v) is 6.86. The number of benzene rings is 2. The molecule has 19 heavy (non-hydrogen) atoms. The zero-order valence-corrected chi connectivity index (χ0v) is 11.6. The van der Waals surface area contributed by atoms with E-state index in [0.29, 0.717) is 0 Å². The quantitative estimate of drug-likeness (QED) is 0.877. The third-order valence-electron chi connectivity index (χ3n) is 3.52. The molecule has 2 aromatic carbocycles. The van der Waals surface area contributed by atoms with Crippen LogP contribution in [-0.4, -0.2) is 13.7 Å². The van der Waals surface area contributed by atoms with Gasteiger partial charge in [0.25, 0.3) is 0 Å². The van der Waals surface area contributed by atoms with Gasteiger partial charge in [-0.25, -0.2) is 0 Å². The van der Waals surface area contributed by atoms with Gasteiger partial charge in [-0.15, -0.1) is 0 Å². The van der Waals surface area contributed by atoms with Crippen LogP contribution in [0.4, 0.5) is 5.69 Å². The Hall–Kier alpha value is -1.67. The molecular weight excluding hydrogens is 258 g/mol. The monoisotopic (exact) mass is 273 g/mol. The largest absolute Gasteiger partial charge is 0.496 e. The third-order valence-corrected chi connectivity index (χ3v) is 3.75. The first-order chi connectivity index (χ1) is 9.28. The Morgan fingerprint density at radius 1 is 1.16 bits per heavy atom. The number of nitrogens with one attached hydrogen (secondary N) is 1. The molecule has 1 N–H and O–H groups in total. The van der Waals surface area contributed by atoms with E-state index in [1.165, 1.54) is 17.7 Å². The van der Waals surface area contributed by atoms with Gasteiger partial charge < -0.3 is 10.1 Å². The molecule has 0 saturated heterocycles. The molecular formula is C16H16ClNO. The molecule has 0 aromatic heterocycles. The molecule has 2 aromatic rings. The Balaban J connectivity index is 2.09. The average molecular weight is 274 g/mol. The van der Waals surface area contributed by atoms with Crippen LogP contribution in [0.5, 0.6) is 5.75 Å². The second-order valence-corrected chi connectivity index (χ2v) is 5.18. The molecule has 3 heteroatoms. The normalized spacial score (nSPS) is 13.6. The summed E-state index contributed by atoms with van der Waals surface area (Å²) in [4.78, 5) is 0. The van der Waals surface area contributed by atoms with E-state index < -0.39 is 0 Å². The van der Waals surface area contributed by atoms with Crippen LogP contribution in [0.25, 0.3) is 11.1 Å². The molecule has 1 aliphatic heterocycles. The summed E-state index contributed by atoms with van der Waals surface area (Å²) >= 11 is 6.10. The Labute approximate surface area is 118 Å². The smallest absolute Gasteiger partial charge is 0.126 e. The van der Waals surface area contributed by atoms with Crippen molar-refractivity contribution >= 4 is 17.3 Å². The van der Waals surface area contributed by atoms with Gasteiger partial charge in [-0.05, 0) is 54.3 Å². The zero-order chi connectivity index (χ0) is 13.2. The zero-order valence-electron chi connectivity index (χ0n) is 10.9. The molecule has 0 radical (unpaired) electrons. The number of methoxy groups -OCH3 is 1. The van der Waals surface area contributed by atoms with Gasteiger partial charge in [-0.3, -0.25) is 0 Å². The van der Waals surface area contributed by atoms with E-state index in [4.69, 9.17) is 16.3 Å². The maximum absolute atomic E-state index is 6.10. The molecule has 1 aliphatic rings. The number of hydrogen-bond donors (Lipinski definition) is 1.